The van der Waals surface area contributed by atoms with Crippen molar-refractivity contribution in [3.8, 4) is 0 Å². The highest BCUT2D eigenvalue weighted by Gasteiger charge is 2.17. The molecule has 1 aromatic rings. The average molecular weight is 257 g/mol. The zero-order chi connectivity index (χ0) is 13.0. The van der Waals surface area contributed by atoms with Crippen molar-refractivity contribution in [1.29, 1.82) is 0 Å². The maximum Gasteiger partial charge on any atom is 0.356 e. The van der Waals surface area contributed by atoms with Crippen molar-refractivity contribution >= 4 is 23.4 Å². The van der Waals surface area contributed by atoms with Crippen molar-refractivity contribution in [2.45, 2.75) is 26.8 Å². The van der Waals surface area contributed by atoms with E-state index in [0.717, 1.165) is 6.54 Å². The van der Waals surface area contributed by atoms with Gasteiger partial charge in [-0.05, 0) is 32.9 Å². The SMILES string of the molecule is CCN(c1nc(C(=O)OC)ccc1Cl)C(C)C. The minimum absolute atomic E-state index is 0.262. The number of rotatable bonds is 4. The summed E-state index contributed by atoms with van der Waals surface area (Å²) in [6.45, 7) is 6.89. The predicted molar refractivity (Wildman–Crippen MR) is 68.7 cm³/mol. The molecule has 1 rings (SSSR count). The summed E-state index contributed by atoms with van der Waals surface area (Å²) in [7, 11) is 1.33. The average Bonchev–Trinajstić information content (AvgIpc) is 2.31. The summed E-state index contributed by atoms with van der Waals surface area (Å²) in [6, 6.07) is 3.49. The molecule has 17 heavy (non-hydrogen) atoms. The van der Waals surface area contributed by atoms with E-state index in [4.69, 9.17) is 11.6 Å². The van der Waals surface area contributed by atoms with E-state index in [0.29, 0.717) is 10.8 Å². The molecule has 4 nitrogen and oxygen atoms in total. The Hall–Kier alpha value is -1.29. The number of ether oxygens (including phenoxy) is 1. The second-order valence-electron chi connectivity index (χ2n) is 3.87. The quantitative estimate of drug-likeness (QED) is 0.777. The number of anilines is 1. The third kappa shape index (κ3) is 3.09. The smallest absolute Gasteiger partial charge is 0.356 e. The van der Waals surface area contributed by atoms with Crippen LogP contribution >= 0.6 is 11.6 Å². The molecule has 0 aliphatic carbocycles. The van der Waals surface area contributed by atoms with E-state index >= 15 is 0 Å². The van der Waals surface area contributed by atoms with Gasteiger partial charge in [-0.1, -0.05) is 11.6 Å². The molecule has 0 aliphatic rings. The second-order valence-corrected chi connectivity index (χ2v) is 4.28. The number of methoxy groups -OCH3 is 1. The summed E-state index contributed by atoms with van der Waals surface area (Å²) in [6.07, 6.45) is 0. The molecule has 0 amide bonds. The van der Waals surface area contributed by atoms with Gasteiger partial charge in [0.05, 0.1) is 12.1 Å². The first-order valence-corrected chi connectivity index (χ1v) is 5.90. The molecular formula is C12H17ClN2O2. The van der Waals surface area contributed by atoms with Crippen molar-refractivity contribution in [2.75, 3.05) is 18.6 Å². The van der Waals surface area contributed by atoms with Crippen LogP contribution < -0.4 is 4.90 Å². The predicted octanol–water partition coefficient (Wildman–Crippen LogP) is 2.76. The number of carbonyl (C=O) groups is 1. The highest BCUT2D eigenvalue weighted by Crippen LogP contribution is 2.25. The molecule has 0 spiro atoms. The van der Waals surface area contributed by atoms with Crippen molar-refractivity contribution in [3.63, 3.8) is 0 Å². The lowest BCUT2D eigenvalue weighted by molar-refractivity contribution is 0.0594. The molecule has 0 aliphatic heterocycles. The Balaban J connectivity index is 3.17. The monoisotopic (exact) mass is 256 g/mol. The lowest BCUT2D eigenvalue weighted by Gasteiger charge is -2.27. The van der Waals surface area contributed by atoms with Crippen LogP contribution in [0.4, 0.5) is 5.82 Å². The van der Waals surface area contributed by atoms with Gasteiger partial charge < -0.3 is 9.64 Å². The number of esters is 1. The third-order valence-electron chi connectivity index (χ3n) is 2.46. The Morgan fingerprint density at radius 1 is 1.53 bits per heavy atom. The van der Waals surface area contributed by atoms with Crippen LogP contribution in [0.5, 0.6) is 0 Å². The van der Waals surface area contributed by atoms with E-state index in [1.165, 1.54) is 7.11 Å². The molecule has 0 radical (unpaired) electrons. The van der Waals surface area contributed by atoms with Gasteiger partial charge in [0.25, 0.3) is 0 Å². The highest BCUT2D eigenvalue weighted by atomic mass is 35.5. The van der Waals surface area contributed by atoms with Gasteiger partial charge in [0.15, 0.2) is 5.69 Å². The Labute approximate surface area is 107 Å². The zero-order valence-electron chi connectivity index (χ0n) is 10.5. The highest BCUT2D eigenvalue weighted by molar-refractivity contribution is 6.33. The fraction of sp³-hybridized carbons (Fsp3) is 0.500. The molecule has 0 atom stereocenters. The van der Waals surface area contributed by atoms with Gasteiger partial charge in [0.2, 0.25) is 0 Å². The van der Waals surface area contributed by atoms with E-state index in [1.54, 1.807) is 12.1 Å². The lowest BCUT2D eigenvalue weighted by Crippen LogP contribution is -2.31. The van der Waals surface area contributed by atoms with Crippen molar-refractivity contribution < 1.29 is 9.53 Å². The van der Waals surface area contributed by atoms with Gasteiger partial charge in [0, 0.05) is 12.6 Å². The summed E-state index contributed by atoms with van der Waals surface area (Å²) in [5, 5.41) is 0.535. The van der Waals surface area contributed by atoms with Gasteiger partial charge >= 0.3 is 5.97 Å². The summed E-state index contributed by atoms with van der Waals surface area (Å²) in [5.41, 5.74) is 0.269. The minimum Gasteiger partial charge on any atom is -0.464 e. The molecule has 1 heterocycles. The maximum atomic E-state index is 11.4. The summed E-state index contributed by atoms with van der Waals surface area (Å²) in [4.78, 5) is 17.7. The van der Waals surface area contributed by atoms with E-state index in [1.807, 2.05) is 25.7 Å². The second kappa shape index (κ2) is 5.87. The molecule has 0 fully saturated rings. The topological polar surface area (TPSA) is 42.4 Å². The van der Waals surface area contributed by atoms with Gasteiger partial charge in [-0.2, -0.15) is 0 Å². The van der Waals surface area contributed by atoms with Gasteiger partial charge in [0.1, 0.15) is 5.82 Å². The van der Waals surface area contributed by atoms with Crippen LogP contribution in [0.2, 0.25) is 5.02 Å². The molecule has 1 aromatic heterocycles. The molecule has 94 valence electrons. The van der Waals surface area contributed by atoms with Crippen LogP contribution in [-0.4, -0.2) is 30.6 Å². The van der Waals surface area contributed by atoms with Gasteiger partial charge in [-0.15, -0.1) is 0 Å². The molecule has 5 heteroatoms. The number of hydrogen-bond donors (Lipinski definition) is 0. The van der Waals surface area contributed by atoms with E-state index < -0.39 is 5.97 Å². The number of nitrogens with zero attached hydrogens (tertiary/aromatic N) is 2. The van der Waals surface area contributed by atoms with Crippen LogP contribution in [0, 0.1) is 0 Å². The lowest BCUT2D eigenvalue weighted by atomic mass is 10.3. The van der Waals surface area contributed by atoms with Crippen molar-refractivity contribution in [2.24, 2.45) is 0 Å². The Kier molecular flexibility index (Phi) is 4.75. The van der Waals surface area contributed by atoms with Gasteiger partial charge in [-0.3, -0.25) is 0 Å². The van der Waals surface area contributed by atoms with Gasteiger partial charge in [-0.25, -0.2) is 9.78 Å². The summed E-state index contributed by atoms with van der Waals surface area (Å²) >= 11 is 6.11. The normalized spacial score (nSPS) is 10.5. The van der Waals surface area contributed by atoms with Crippen LogP contribution in [0.15, 0.2) is 12.1 Å². The molecule has 0 N–H and O–H groups in total. The number of pyridine rings is 1. The first-order chi connectivity index (χ1) is 8.01. The van der Waals surface area contributed by atoms with Crippen molar-refractivity contribution in [1.82, 2.24) is 4.98 Å². The molecule has 0 unspecified atom stereocenters. The fourth-order valence-corrected chi connectivity index (χ4v) is 1.82. The fourth-order valence-electron chi connectivity index (χ4n) is 1.61. The number of halogens is 1. The number of aromatic nitrogens is 1. The van der Waals surface area contributed by atoms with Crippen LogP contribution in [-0.2, 0) is 4.74 Å². The van der Waals surface area contributed by atoms with Crippen LogP contribution in [0.1, 0.15) is 31.3 Å². The van der Waals surface area contributed by atoms with Crippen LogP contribution in [0.25, 0.3) is 0 Å². The zero-order valence-corrected chi connectivity index (χ0v) is 11.3. The largest absolute Gasteiger partial charge is 0.464 e. The third-order valence-corrected chi connectivity index (χ3v) is 2.75. The minimum atomic E-state index is -0.456. The first-order valence-electron chi connectivity index (χ1n) is 5.52. The molecule has 0 saturated carbocycles. The number of carbonyl (C=O) groups excluding carboxylic acids is 1. The summed E-state index contributed by atoms with van der Waals surface area (Å²) < 4.78 is 4.64. The molecule has 0 saturated heterocycles. The van der Waals surface area contributed by atoms with E-state index in [-0.39, 0.29) is 11.7 Å². The van der Waals surface area contributed by atoms with Crippen LogP contribution in [0.3, 0.4) is 0 Å². The summed E-state index contributed by atoms with van der Waals surface area (Å²) in [5.74, 6) is 0.162. The maximum absolute atomic E-state index is 11.4. The Bertz CT molecular complexity index is 407. The Morgan fingerprint density at radius 3 is 2.65 bits per heavy atom. The molecule has 0 aromatic carbocycles. The Morgan fingerprint density at radius 2 is 2.18 bits per heavy atom. The molecule has 0 bridgehead atoms. The number of hydrogen-bond acceptors (Lipinski definition) is 4. The van der Waals surface area contributed by atoms with E-state index in [2.05, 4.69) is 9.72 Å². The van der Waals surface area contributed by atoms with E-state index in [9.17, 15) is 4.79 Å². The standard InChI is InChI=1S/C12H17ClN2O2/c1-5-15(8(2)3)11-9(13)6-7-10(14-11)12(16)17-4/h6-8H,5H2,1-4H3. The van der Waals surface area contributed by atoms with Crippen molar-refractivity contribution in [3.05, 3.63) is 22.8 Å². The first kappa shape index (κ1) is 13.8. The molecular weight excluding hydrogens is 240 g/mol.